The topological polar surface area (TPSA) is 107 Å². The molecule has 1 aromatic carbocycles. The van der Waals surface area contributed by atoms with Crippen LogP contribution in [0.4, 0.5) is 5.69 Å². The monoisotopic (exact) mass is 287 g/mol. The fraction of sp³-hybridized carbons (Fsp3) is 0.273. The van der Waals surface area contributed by atoms with Crippen molar-refractivity contribution in [3.05, 3.63) is 32.3 Å². The lowest BCUT2D eigenvalue weighted by Gasteiger charge is -2.09. The third-order valence-corrected chi connectivity index (χ3v) is 2.79. The van der Waals surface area contributed by atoms with Crippen LogP contribution < -0.4 is 4.74 Å². The molecule has 1 aromatic rings. The van der Waals surface area contributed by atoms with Crippen LogP contribution in [0, 0.1) is 24.0 Å². The van der Waals surface area contributed by atoms with Gasteiger partial charge in [0, 0.05) is 11.1 Å². The lowest BCUT2D eigenvalue weighted by molar-refractivity contribution is -0.386. The van der Waals surface area contributed by atoms with Gasteiger partial charge in [0.2, 0.25) is 0 Å². The lowest BCUT2D eigenvalue weighted by atomic mass is 10.1. The number of esters is 1. The van der Waals surface area contributed by atoms with Crippen LogP contribution in [0.25, 0.3) is 0 Å². The second-order valence-electron chi connectivity index (χ2n) is 3.78. The second-order valence-corrected chi connectivity index (χ2v) is 4.16. The van der Waals surface area contributed by atoms with Gasteiger partial charge in [0.25, 0.3) is 5.69 Å². The van der Waals surface area contributed by atoms with Crippen LogP contribution in [0.1, 0.15) is 17.5 Å². The van der Waals surface area contributed by atoms with Crippen molar-refractivity contribution in [3.63, 3.8) is 0 Å². The first-order valence-electron chi connectivity index (χ1n) is 5.10. The highest BCUT2D eigenvalue weighted by Gasteiger charge is 2.22. The van der Waals surface area contributed by atoms with Crippen molar-refractivity contribution in [1.82, 2.24) is 0 Å². The lowest BCUT2D eigenvalue weighted by Crippen LogP contribution is -2.14. The van der Waals surface area contributed by atoms with Crippen molar-refractivity contribution in [2.75, 3.05) is 0 Å². The van der Waals surface area contributed by atoms with Crippen LogP contribution in [0.3, 0.4) is 0 Å². The van der Waals surface area contributed by atoms with Crippen LogP contribution in [0.15, 0.2) is 6.07 Å². The summed E-state index contributed by atoms with van der Waals surface area (Å²) in [6.07, 6.45) is -0.814. The zero-order valence-electron chi connectivity index (χ0n) is 10.1. The number of nitro groups is 1. The summed E-state index contributed by atoms with van der Waals surface area (Å²) in [7, 11) is 0. The van der Waals surface area contributed by atoms with Gasteiger partial charge in [-0.15, -0.1) is 0 Å². The molecule has 0 heterocycles. The number of benzene rings is 1. The molecular formula is C11H10ClNO6. The van der Waals surface area contributed by atoms with Gasteiger partial charge >= 0.3 is 11.9 Å². The highest BCUT2D eigenvalue weighted by molar-refractivity contribution is 6.33. The first kappa shape index (κ1) is 14.9. The molecule has 0 aromatic heterocycles. The molecule has 7 nitrogen and oxygen atoms in total. The SMILES string of the molecule is Cc1cc(OC(=O)CC(=O)O)c(Cl)c(C)c1[N+](=O)[O-]. The molecule has 19 heavy (non-hydrogen) atoms. The summed E-state index contributed by atoms with van der Waals surface area (Å²) in [4.78, 5) is 31.8. The molecule has 0 saturated heterocycles. The van der Waals surface area contributed by atoms with Gasteiger partial charge in [-0.2, -0.15) is 0 Å². The minimum atomic E-state index is -1.34. The molecular weight excluding hydrogens is 278 g/mol. The number of carboxylic acids is 1. The second kappa shape index (κ2) is 5.66. The van der Waals surface area contributed by atoms with Gasteiger partial charge in [-0.05, 0) is 19.9 Å². The van der Waals surface area contributed by atoms with E-state index in [4.69, 9.17) is 21.4 Å². The Morgan fingerprint density at radius 2 is 2.05 bits per heavy atom. The van der Waals surface area contributed by atoms with Crippen molar-refractivity contribution in [2.45, 2.75) is 20.3 Å². The standard InChI is InChI=1S/C11H10ClNO6/c1-5-3-7(19-9(16)4-8(14)15)10(12)6(2)11(5)13(17)18/h3H,4H2,1-2H3,(H,14,15). The Balaban J connectivity index is 3.15. The van der Waals surface area contributed by atoms with E-state index in [2.05, 4.69) is 0 Å². The van der Waals surface area contributed by atoms with E-state index in [0.29, 0.717) is 0 Å². The summed E-state index contributed by atoms with van der Waals surface area (Å²) in [5, 5.41) is 19.2. The van der Waals surface area contributed by atoms with Crippen LogP contribution in [0.5, 0.6) is 5.75 Å². The van der Waals surface area contributed by atoms with Gasteiger partial charge in [0.1, 0.15) is 6.42 Å². The Kier molecular flexibility index (Phi) is 4.44. The molecule has 8 heteroatoms. The normalized spacial score (nSPS) is 10.1. The highest BCUT2D eigenvalue weighted by atomic mass is 35.5. The van der Waals surface area contributed by atoms with Gasteiger partial charge in [-0.25, -0.2) is 0 Å². The van der Waals surface area contributed by atoms with Crippen molar-refractivity contribution in [3.8, 4) is 5.75 Å². The molecule has 0 aliphatic heterocycles. The third-order valence-electron chi connectivity index (χ3n) is 2.32. The van der Waals surface area contributed by atoms with Crippen LogP contribution in [-0.2, 0) is 9.59 Å². The minimum Gasteiger partial charge on any atom is -0.481 e. The maximum atomic E-state index is 11.2. The first-order valence-corrected chi connectivity index (χ1v) is 5.48. The van der Waals surface area contributed by atoms with Gasteiger partial charge < -0.3 is 9.84 Å². The number of nitrogens with zero attached hydrogens (tertiary/aromatic N) is 1. The summed E-state index contributed by atoms with van der Waals surface area (Å²) < 4.78 is 4.78. The Bertz CT molecular complexity index is 569. The number of aliphatic carboxylic acids is 1. The number of halogens is 1. The number of ether oxygens (including phenoxy) is 1. The summed E-state index contributed by atoms with van der Waals surface area (Å²) in [5.41, 5.74) is 0.262. The van der Waals surface area contributed by atoms with Crippen molar-refractivity contribution < 1.29 is 24.4 Å². The number of hydrogen-bond acceptors (Lipinski definition) is 5. The molecule has 0 bridgehead atoms. The number of hydrogen-bond donors (Lipinski definition) is 1. The number of carbonyl (C=O) groups excluding carboxylic acids is 1. The predicted octanol–water partition coefficient (Wildman–Crippen LogP) is 2.25. The van der Waals surface area contributed by atoms with Crippen molar-refractivity contribution in [1.29, 1.82) is 0 Å². The molecule has 102 valence electrons. The fourth-order valence-corrected chi connectivity index (χ4v) is 1.73. The van der Waals surface area contributed by atoms with Crippen molar-refractivity contribution >= 4 is 29.2 Å². The van der Waals surface area contributed by atoms with Crippen LogP contribution in [-0.4, -0.2) is 22.0 Å². The number of nitro benzene ring substituents is 1. The van der Waals surface area contributed by atoms with E-state index in [-0.39, 0.29) is 27.6 Å². The fourth-order valence-electron chi connectivity index (χ4n) is 1.55. The molecule has 0 unspecified atom stereocenters. The third kappa shape index (κ3) is 3.41. The van der Waals surface area contributed by atoms with E-state index in [0.717, 1.165) is 0 Å². The van der Waals surface area contributed by atoms with E-state index in [1.807, 2.05) is 0 Å². The average molecular weight is 288 g/mol. The number of rotatable bonds is 4. The molecule has 0 aliphatic rings. The number of carboxylic acid groups (broad SMARTS) is 1. The smallest absolute Gasteiger partial charge is 0.322 e. The number of carbonyl (C=O) groups is 2. The van der Waals surface area contributed by atoms with Gasteiger partial charge in [-0.1, -0.05) is 11.6 Å². The predicted molar refractivity (Wildman–Crippen MR) is 65.5 cm³/mol. The average Bonchev–Trinajstić information content (AvgIpc) is 2.23. The number of aryl methyl sites for hydroxylation is 1. The van der Waals surface area contributed by atoms with Gasteiger partial charge in [0.15, 0.2) is 5.75 Å². The largest absolute Gasteiger partial charge is 0.481 e. The maximum Gasteiger partial charge on any atom is 0.322 e. The van der Waals surface area contributed by atoms with Crippen LogP contribution in [0.2, 0.25) is 5.02 Å². The first-order chi connectivity index (χ1) is 8.73. The molecule has 0 spiro atoms. The summed E-state index contributed by atoms with van der Waals surface area (Å²) in [6.45, 7) is 2.89. The molecule has 0 aliphatic carbocycles. The van der Waals surface area contributed by atoms with Gasteiger partial charge in [0.05, 0.1) is 9.95 Å². The highest BCUT2D eigenvalue weighted by Crippen LogP contribution is 2.37. The zero-order chi connectivity index (χ0) is 14.7. The van der Waals surface area contributed by atoms with E-state index in [9.17, 15) is 19.7 Å². The van der Waals surface area contributed by atoms with E-state index in [1.54, 1.807) is 0 Å². The molecule has 1 rings (SSSR count). The Morgan fingerprint density at radius 3 is 2.53 bits per heavy atom. The van der Waals surface area contributed by atoms with Crippen LogP contribution >= 0.6 is 11.6 Å². The van der Waals surface area contributed by atoms with Gasteiger partial charge in [-0.3, -0.25) is 19.7 Å². The molecule has 1 N–H and O–H groups in total. The molecule has 0 radical (unpaired) electrons. The molecule has 0 saturated carbocycles. The minimum absolute atomic E-state index is 0.0870. The maximum absolute atomic E-state index is 11.2. The Hall–Kier alpha value is -2.15. The van der Waals surface area contributed by atoms with Crippen molar-refractivity contribution in [2.24, 2.45) is 0 Å². The van der Waals surface area contributed by atoms with E-state index >= 15 is 0 Å². The summed E-state index contributed by atoms with van der Waals surface area (Å²) in [6, 6.07) is 1.23. The Morgan fingerprint density at radius 1 is 1.47 bits per heavy atom. The Labute approximate surface area is 112 Å². The van der Waals surface area contributed by atoms with E-state index < -0.39 is 23.3 Å². The quantitative estimate of drug-likeness (QED) is 0.299. The summed E-state index contributed by atoms with van der Waals surface area (Å²) >= 11 is 5.87. The molecule has 0 fully saturated rings. The molecule has 0 amide bonds. The van der Waals surface area contributed by atoms with E-state index in [1.165, 1.54) is 19.9 Å². The zero-order valence-corrected chi connectivity index (χ0v) is 10.9. The molecule has 0 atom stereocenters. The summed E-state index contributed by atoms with van der Waals surface area (Å²) in [5.74, 6) is -2.42.